The number of anilines is 1. The van der Waals surface area contributed by atoms with Crippen LogP contribution in [0.3, 0.4) is 0 Å². The van der Waals surface area contributed by atoms with Crippen molar-refractivity contribution in [2.45, 2.75) is 56.9 Å². The van der Waals surface area contributed by atoms with E-state index in [-0.39, 0.29) is 0 Å². The van der Waals surface area contributed by atoms with Crippen LogP contribution in [-0.2, 0) is 0 Å². The van der Waals surface area contributed by atoms with Gasteiger partial charge in [-0.1, -0.05) is 36.6 Å². The van der Waals surface area contributed by atoms with Gasteiger partial charge in [-0.25, -0.2) is 0 Å². The molecule has 3 rings (SSSR count). The topological polar surface area (TPSA) is 35.8 Å². The number of hydrogen-bond donors (Lipinski definition) is 1. The first-order valence-electron chi connectivity index (χ1n) is 7.61. The number of rotatable bonds is 2. The van der Waals surface area contributed by atoms with Crippen LogP contribution in [0.25, 0.3) is 0 Å². The van der Waals surface area contributed by atoms with Crippen LogP contribution in [0.5, 0.6) is 0 Å². The molecule has 20 heavy (non-hydrogen) atoms. The first kappa shape index (κ1) is 13.8. The number of nitriles is 1. The maximum absolute atomic E-state index is 9.67. The molecule has 0 unspecified atom stereocenters. The molecule has 2 fully saturated rings. The maximum atomic E-state index is 9.67. The van der Waals surface area contributed by atoms with Crippen LogP contribution in [-0.4, -0.2) is 5.54 Å². The van der Waals surface area contributed by atoms with E-state index in [0.717, 1.165) is 18.5 Å². The minimum atomic E-state index is -0.432. The van der Waals surface area contributed by atoms with E-state index in [4.69, 9.17) is 11.6 Å². The third kappa shape index (κ3) is 2.52. The molecular weight excluding hydrogens is 268 g/mol. The lowest BCUT2D eigenvalue weighted by Crippen LogP contribution is -2.43. The van der Waals surface area contributed by atoms with Gasteiger partial charge < -0.3 is 5.32 Å². The summed E-state index contributed by atoms with van der Waals surface area (Å²) in [5.74, 6) is 0. The Morgan fingerprint density at radius 1 is 1.00 bits per heavy atom. The summed E-state index contributed by atoms with van der Waals surface area (Å²) in [5, 5.41) is 13.8. The molecule has 0 radical (unpaired) electrons. The minimum Gasteiger partial charge on any atom is -0.366 e. The second kappa shape index (κ2) is 5.30. The lowest BCUT2D eigenvalue weighted by atomic mass is 9.67. The lowest BCUT2D eigenvalue weighted by Gasteiger charge is -2.42. The van der Waals surface area contributed by atoms with Gasteiger partial charge in [0.25, 0.3) is 0 Å². The number of benzene rings is 1. The van der Waals surface area contributed by atoms with Crippen molar-refractivity contribution in [2.24, 2.45) is 5.41 Å². The molecule has 2 saturated carbocycles. The maximum Gasteiger partial charge on any atom is 0.125 e. The van der Waals surface area contributed by atoms with Gasteiger partial charge in [0.1, 0.15) is 5.54 Å². The van der Waals surface area contributed by atoms with E-state index in [0.29, 0.717) is 10.4 Å². The summed E-state index contributed by atoms with van der Waals surface area (Å²) in [6.07, 6.45) is 9.70. The summed E-state index contributed by atoms with van der Waals surface area (Å²) in [6.45, 7) is 0. The summed E-state index contributed by atoms with van der Waals surface area (Å²) >= 11 is 6.21. The molecule has 2 nitrogen and oxygen atoms in total. The van der Waals surface area contributed by atoms with Crippen LogP contribution in [0.4, 0.5) is 5.69 Å². The lowest BCUT2D eigenvalue weighted by molar-refractivity contribution is 0.167. The fourth-order valence-corrected chi connectivity index (χ4v) is 4.10. The van der Waals surface area contributed by atoms with Gasteiger partial charge in [-0.15, -0.1) is 0 Å². The second-order valence-electron chi connectivity index (χ2n) is 6.51. The first-order valence-corrected chi connectivity index (χ1v) is 7.99. The Hall–Kier alpha value is -1.20. The van der Waals surface area contributed by atoms with Crippen LogP contribution in [0.15, 0.2) is 24.3 Å². The van der Waals surface area contributed by atoms with Gasteiger partial charge >= 0.3 is 0 Å². The standard InChI is InChI=1S/C17H21ClN2/c18-14-5-1-2-6-15(14)20-17(13-19)11-9-16(10-12-17)7-3-4-8-16/h1-2,5-6,20H,3-4,7-12H2. The third-order valence-electron chi connectivity index (χ3n) is 5.29. The molecule has 0 amide bonds. The molecule has 2 aliphatic carbocycles. The number of halogens is 1. The number of nitrogens with one attached hydrogen (secondary N) is 1. The fourth-order valence-electron chi connectivity index (χ4n) is 3.92. The van der Waals surface area contributed by atoms with E-state index in [2.05, 4.69) is 11.4 Å². The number of para-hydroxylation sites is 1. The summed E-state index contributed by atoms with van der Waals surface area (Å²) in [7, 11) is 0. The van der Waals surface area contributed by atoms with E-state index < -0.39 is 5.54 Å². The highest BCUT2D eigenvalue weighted by atomic mass is 35.5. The van der Waals surface area contributed by atoms with Crippen LogP contribution in [0, 0.1) is 16.7 Å². The van der Waals surface area contributed by atoms with Crippen molar-refractivity contribution >= 4 is 17.3 Å². The van der Waals surface area contributed by atoms with E-state index in [9.17, 15) is 5.26 Å². The molecular formula is C17H21ClN2. The zero-order valence-corrected chi connectivity index (χ0v) is 12.5. The average molecular weight is 289 g/mol. The highest BCUT2D eigenvalue weighted by Gasteiger charge is 2.44. The summed E-state index contributed by atoms with van der Waals surface area (Å²) in [6, 6.07) is 10.2. The Labute approximate surface area is 126 Å². The molecule has 0 saturated heterocycles. The average Bonchev–Trinajstić information content (AvgIpc) is 2.93. The summed E-state index contributed by atoms with van der Waals surface area (Å²) in [5.41, 5.74) is 1.000. The van der Waals surface area contributed by atoms with Crippen molar-refractivity contribution < 1.29 is 0 Å². The van der Waals surface area contributed by atoms with Crippen LogP contribution in [0.2, 0.25) is 5.02 Å². The summed E-state index contributed by atoms with van der Waals surface area (Å²) in [4.78, 5) is 0. The van der Waals surface area contributed by atoms with E-state index in [1.54, 1.807) is 0 Å². The highest BCUT2D eigenvalue weighted by molar-refractivity contribution is 6.33. The molecule has 106 valence electrons. The van der Waals surface area contributed by atoms with Gasteiger partial charge in [0, 0.05) is 0 Å². The largest absolute Gasteiger partial charge is 0.366 e. The number of hydrogen-bond acceptors (Lipinski definition) is 2. The third-order valence-corrected chi connectivity index (χ3v) is 5.62. The van der Waals surface area contributed by atoms with E-state index >= 15 is 0 Å². The van der Waals surface area contributed by atoms with Crippen molar-refractivity contribution in [3.63, 3.8) is 0 Å². The van der Waals surface area contributed by atoms with Crippen LogP contribution >= 0.6 is 11.6 Å². The molecule has 0 aliphatic heterocycles. The molecule has 1 aromatic rings. The first-order chi connectivity index (χ1) is 9.67. The normalized spacial score (nSPS) is 23.4. The van der Waals surface area contributed by atoms with Gasteiger partial charge in [-0.05, 0) is 56.1 Å². The second-order valence-corrected chi connectivity index (χ2v) is 6.91. The number of nitrogens with zero attached hydrogens (tertiary/aromatic N) is 1. The predicted octanol–water partition coefficient (Wildman–Crippen LogP) is 5.15. The molecule has 0 bridgehead atoms. The molecule has 1 N–H and O–H groups in total. The van der Waals surface area contributed by atoms with Gasteiger partial charge in [0.05, 0.1) is 16.8 Å². The van der Waals surface area contributed by atoms with Crippen LogP contribution < -0.4 is 5.32 Å². The van der Waals surface area contributed by atoms with Crippen molar-refractivity contribution in [2.75, 3.05) is 5.32 Å². The van der Waals surface area contributed by atoms with E-state index in [1.807, 2.05) is 24.3 Å². The quantitative estimate of drug-likeness (QED) is 0.817. The van der Waals surface area contributed by atoms with Crippen molar-refractivity contribution in [3.05, 3.63) is 29.3 Å². The van der Waals surface area contributed by atoms with E-state index in [1.165, 1.54) is 38.5 Å². The van der Waals surface area contributed by atoms with Gasteiger partial charge in [-0.3, -0.25) is 0 Å². The fraction of sp³-hybridized carbons (Fsp3) is 0.588. The van der Waals surface area contributed by atoms with Gasteiger partial charge in [-0.2, -0.15) is 5.26 Å². The Kier molecular flexibility index (Phi) is 3.65. The molecule has 2 aliphatic rings. The van der Waals surface area contributed by atoms with Gasteiger partial charge in [0.2, 0.25) is 0 Å². The Morgan fingerprint density at radius 2 is 1.65 bits per heavy atom. The zero-order valence-electron chi connectivity index (χ0n) is 11.8. The predicted molar refractivity (Wildman–Crippen MR) is 82.8 cm³/mol. The zero-order chi connectivity index (χ0) is 14.1. The molecule has 1 aromatic carbocycles. The smallest absolute Gasteiger partial charge is 0.125 e. The molecule has 0 aromatic heterocycles. The summed E-state index contributed by atoms with van der Waals surface area (Å²) < 4.78 is 0. The van der Waals surface area contributed by atoms with Crippen molar-refractivity contribution in [1.82, 2.24) is 0 Å². The minimum absolute atomic E-state index is 0.432. The molecule has 3 heteroatoms. The Bertz CT molecular complexity index is 516. The molecule has 0 heterocycles. The molecule has 1 spiro atoms. The van der Waals surface area contributed by atoms with Gasteiger partial charge in [0.15, 0.2) is 0 Å². The van der Waals surface area contributed by atoms with Crippen molar-refractivity contribution in [3.8, 4) is 6.07 Å². The SMILES string of the molecule is N#CC1(Nc2ccccc2Cl)CCC2(CCCC2)CC1. The molecule has 0 atom stereocenters. The monoisotopic (exact) mass is 288 g/mol. The Morgan fingerprint density at radius 3 is 2.25 bits per heavy atom. The highest BCUT2D eigenvalue weighted by Crippen LogP contribution is 2.51. The Balaban J connectivity index is 1.74. The van der Waals surface area contributed by atoms with Crippen LogP contribution in [0.1, 0.15) is 51.4 Å². The van der Waals surface area contributed by atoms with Crippen molar-refractivity contribution in [1.29, 1.82) is 5.26 Å².